The van der Waals surface area contributed by atoms with Crippen molar-refractivity contribution in [2.24, 2.45) is 5.41 Å². The highest BCUT2D eigenvalue weighted by molar-refractivity contribution is 5.39. The predicted molar refractivity (Wildman–Crippen MR) is 99.9 cm³/mol. The zero-order valence-electron chi connectivity index (χ0n) is 15.0. The fourth-order valence-corrected chi connectivity index (χ4v) is 4.24. The molecule has 132 valence electrons. The van der Waals surface area contributed by atoms with Crippen molar-refractivity contribution in [1.29, 1.82) is 0 Å². The van der Waals surface area contributed by atoms with Crippen molar-refractivity contribution < 1.29 is 4.74 Å². The zero-order valence-corrected chi connectivity index (χ0v) is 15.0. The molecule has 2 aliphatic heterocycles. The Kier molecular flexibility index (Phi) is 4.73. The molecule has 1 N–H and O–H groups in total. The summed E-state index contributed by atoms with van der Waals surface area (Å²) in [6.45, 7) is 8.02. The van der Waals surface area contributed by atoms with E-state index in [-0.39, 0.29) is 0 Å². The molecule has 0 saturated carbocycles. The van der Waals surface area contributed by atoms with Crippen LogP contribution in [0.1, 0.15) is 30.4 Å². The molecule has 0 unspecified atom stereocenters. The first-order valence-electron chi connectivity index (χ1n) is 9.33. The lowest BCUT2D eigenvalue weighted by Crippen LogP contribution is -2.38. The number of hydrogen-bond donors (Lipinski definition) is 1. The van der Waals surface area contributed by atoms with Crippen LogP contribution < -0.4 is 10.1 Å². The fraction of sp³-hybridized carbons (Fsp3) is 0.476. The third-order valence-corrected chi connectivity index (χ3v) is 5.69. The Labute approximate surface area is 150 Å². The number of ether oxygens (including phenoxy) is 1. The molecule has 0 amide bonds. The Bertz CT molecular complexity index is 710. The number of aryl methyl sites for hydroxylation is 1. The van der Waals surface area contributed by atoms with Gasteiger partial charge in [0.2, 0.25) is 0 Å². The van der Waals surface area contributed by atoms with E-state index in [2.05, 4.69) is 40.3 Å². The van der Waals surface area contributed by atoms with Crippen LogP contribution in [0.25, 0.3) is 0 Å². The number of aromatic nitrogens is 1. The lowest BCUT2D eigenvalue weighted by atomic mass is 9.78. The number of nitrogens with one attached hydrogen (secondary N) is 1. The molecule has 2 fully saturated rings. The third kappa shape index (κ3) is 3.86. The van der Waals surface area contributed by atoms with Gasteiger partial charge in [0.25, 0.3) is 0 Å². The highest BCUT2D eigenvalue weighted by atomic mass is 16.5. The average Bonchev–Trinajstić information content (AvgIpc) is 3.01. The van der Waals surface area contributed by atoms with Crippen molar-refractivity contribution in [3.63, 3.8) is 0 Å². The molecule has 2 aliphatic rings. The summed E-state index contributed by atoms with van der Waals surface area (Å²) >= 11 is 0. The molecule has 0 aliphatic carbocycles. The molecule has 1 aromatic carbocycles. The minimum atomic E-state index is 0.573. The molecule has 3 heterocycles. The molecule has 2 aromatic rings. The Morgan fingerprint density at radius 1 is 1.20 bits per heavy atom. The standard InChI is InChI=1S/C21H27N3O/c1-17-13-18(4-5-20(17)25-19-3-2-9-23-14-19)15-24-12-8-21(16-24)6-10-22-11-7-21/h2-5,9,13-14,22H,6-8,10-12,15-16H2,1H3. The Morgan fingerprint density at radius 3 is 2.84 bits per heavy atom. The average molecular weight is 337 g/mol. The van der Waals surface area contributed by atoms with E-state index in [0.29, 0.717) is 5.41 Å². The predicted octanol–water partition coefficient (Wildman–Crippen LogP) is 3.76. The van der Waals surface area contributed by atoms with Crippen molar-refractivity contribution in [1.82, 2.24) is 15.2 Å². The van der Waals surface area contributed by atoms with E-state index in [1.165, 1.54) is 56.6 Å². The number of hydrogen-bond acceptors (Lipinski definition) is 4. The van der Waals surface area contributed by atoms with Gasteiger partial charge in [-0.1, -0.05) is 12.1 Å². The molecule has 4 heteroatoms. The van der Waals surface area contributed by atoms with E-state index >= 15 is 0 Å². The highest BCUT2D eigenvalue weighted by Crippen LogP contribution is 2.39. The van der Waals surface area contributed by atoms with Gasteiger partial charge in [-0.25, -0.2) is 0 Å². The van der Waals surface area contributed by atoms with Crippen molar-refractivity contribution >= 4 is 0 Å². The molecule has 4 nitrogen and oxygen atoms in total. The summed E-state index contributed by atoms with van der Waals surface area (Å²) < 4.78 is 5.94. The first-order valence-corrected chi connectivity index (χ1v) is 9.33. The molecule has 0 radical (unpaired) electrons. The molecule has 25 heavy (non-hydrogen) atoms. The van der Waals surface area contributed by atoms with E-state index in [0.717, 1.165) is 18.0 Å². The lowest BCUT2D eigenvalue weighted by molar-refractivity contribution is 0.194. The van der Waals surface area contributed by atoms with E-state index in [1.807, 2.05) is 12.1 Å². The minimum absolute atomic E-state index is 0.573. The Hall–Kier alpha value is -1.91. The van der Waals surface area contributed by atoms with Crippen LogP contribution in [0, 0.1) is 12.3 Å². The monoisotopic (exact) mass is 337 g/mol. The summed E-state index contributed by atoms with van der Waals surface area (Å²) in [5.74, 6) is 1.69. The zero-order chi connectivity index (χ0) is 17.1. The maximum atomic E-state index is 5.94. The largest absolute Gasteiger partial charge is 0.455 e. The maximum Gasteiger partial charge on any atom is 0.145 e. The molecule has 0 atom stereocenters. The van der Waals surface area contributed by atoms with E-state index in [1.54, 1.807) is 12.4 Å². The van der Waals surface area contributed by atoms with Gasteiger partial charge < -0.3 is 10.1 Å². The van der Waals surface area contributed by atoms with Crippen LogP contribution in [0.4, 0.5) is 0 Å². The second kappa shape index (κ2) is 7.14. The van der Waals surface area contributed by atoms with E-state index in [4.69, 9.17) is 4.74 Å². The number of benzene rings is 1. The van der Waals surface area contributed by atoms with Crippen LogP contribution in [0.5, 0.6) is 11.5 Å². The number of rotatable bonds is 4. The second-order valence-corrected chi connectivity index (χ2v) is 7.60. The SMILES string of the molecule is Cc1cc(CN2CCC3(CCNCC3)C2)ccc1Oc1cccnc1. The summed E-state index contributed by atoms with van der Waals surface area (Å²) in [5, 5.41) is 3.50. The van der Waals surface area contributed by atoms with Crippen LogP contribution in [0.3, 0.4) is 0 Å². The number of likely N-dealkylation sites (tertiary alicyclic amines) is 1. The van der Waals surface area contributed by atoms with Crippen LogP contribution in [-0.4, -0.2) is 36.1 Å². The minimum Gasteiger partial charge on any atom is -0.455 e. The molecule has 1 aromatic heterocycles. The first kappa shape index (κ1) is 16.6. The topological polar surface area (TPSA) is 37.4 Å². The van der Waals surface area contributed by atoms with Gasteiger partial charge in [-0.15, -0.1) is 0 Å². The Balaban J connectivity index is 1.39. The van der Waals surface area contributed by atoms with Crippen LogP contribution in [0.15, 0.2) is 42.7 Å². The highest BCUT2D eigenvalue weighted by Gasteiger charge is 2.38. The normalized spacial score (nSPS) is 20.0. The smallest absolute Gasteiger partial charge is 0.145 e. The first-order chi connectivity index (χ1) is 12.2. The summed E-state index contributed by atoms with van der Waals surface area (Å²) in [6.07, 6.45) is 7.53. The molecule has 0 bridgehead atoms. The van der Waals surface area contributed by atoms with Crippen molar-refractivity contribution in [2.45, 2.75) is 32.7 Å². The molecular weight excluding hydrogens is 310 g/mol. The van der Waals surface area contributed by atoms with Crippen molar-refractivity contribution in [3.05, 3.63) is 53.9 Å². The van der Waals surface area contributed by atoms with Crippen LogP contribution >= 0.6 is 0 Å². The van der Waals surface area contributed by atoms with Crippen molar-refractivity contribution in [2.75, 3.05) is 26.2 Å². The summed E-state index contributed by atoms with van der Waals surface area (Å²) in [5.41, 5.74) is 3.13. The van der Waals surface area contributed by atoms with Crippen molar-refractivity contribution in [3.8, 4) is 11.5 Å². The van der Waals surface area contributed by atoms with Crippen LogP contribution in [0.2, 0.25) is 0 Å². The van der Waals surface area contributed by atoms with Gasteiger partial charge in [0.1, 0.15) is 11.5 Å². The molecule has 4 rings (SSSR count). The van der Waals surface area contributed by atoms with Gasteiger partial charge in [0.15, 0.2) is 0 Å². The maximum absolute atomic E-state index is 5.94. The van der Waals surface area contributed by atoms with Gasteiger partial charge >= 0.3 is 0 Å². The van der Waals surface area contributed by atoms with Crippen LogP contribution in [-0.2, 0) is 6.54 Å². The third-order valence-electron chi connectivity index (χ3n) is 5.69. The van der Waals surface area contributed by atoms with Gasteiger partial charge in [-0.05, 0) is 80.6 Å². The second-order valence-electron chi connectivity index (χ2n) is 7.60. The number of pyridine rings is 1. The number of piperidine rings is 1. The van der Waals surface area contributed by atoms with Gasteiger partial charge in [-0.3, -0.25) is 9.88 Å². The number of nitrogens with zero attached hydrogens (tertiary/aromatic N) is 2. The van der Waals surface area contributed by atoms with Gasteiger partial charge in [0.05, 0.1) is 6.20 Å². The Morgan fingerprint density at radius 2 is 2.08 bits per heavy atom. The summed E-state index contributed by atoms with van der Waals surface area (Å²) in [4.78, 5) is 6.73. The fourth-order valence-electron chi connectivity index (χ4n) is 4.24. The van der Waals surface area contributed by atoms with Gasteiger partial charge in [-0.2, -0.15) is 0 Å². The van der Waals surface area contributed by atoms with Gasteiger partial charge in [0, 0.05) is 19.3 Å². The summed E-state index contributed by atoms with van der Waals surface area (Å²) in [7, 11) is 0. The molecule has 2 saturated heterocycles. The lowest BCUT2D eigenvalue weighted by Gasteiger charge is -2.34. The molecular formula is C21H27N3O. The quantitative estimate of drug-likeness (QED) is 0.922. The summed E-state index contributed by atoms with van der Waals surface area (Å²) in [6, 6.07) is 10.4. The molecule has 1 spiro atoms. The van der Waals surface area contributed by atoms with E-state index in [9.17, 15) is 0 Å². The van der Waals surface area contributed by atoms with E-state index < -0.39 is 0 Å².